The van der Waals surface area contributed by atoms with Crippen molar-refractivity contribution in [3.8, 4) is 0 Å². The number of rotatable bonds is 1. The van der Waals surface area contributed by atoms with Gasteiger partial charge in [0.15, 0.2) is 0 Å². The van der Waals surface area contributed by atoms with Crippen LogP contribution in [0.4, 0.5) is 0 Å². The maximum absolute atomic E-state index is 8.81. The van der Waals surface area contributed by atoms with E-state index in [9.17, 15) is 0 Å². The lowest BCUT2D eigenvalue weighted by Crippen LogP contribution is -1.86. The molecule has 60 valence electrons. The summed E-state index contributed by atoms with van der Waals surface area (Å²) in [6.07, 6.45) is 0. The average molecular weight is 191 g/mol. The number of aryl methyl sites for hydroxylation is 1. The van der Waals surface area contributed by atoms with Gasteiger partial charge >= 0.3 is 0 Å². The normalized spacial score (nSPS) is 10.2. The Balaban J connectivity index is 3.21. The molecule has 0 aliphatic heterocycles. The quantitative estimate of drug-likeness (QED) is 0.723. The van der Waals surface area contributed by atoms with Gasteiger partial charge in [-0.05, 0) is 24.1 Å². The van der Waals surface area contributed by atoms with E-state index in [-0.39, 0.29) is 6.61 Å². The Morgan fingerprint density at radius 1 is 1.27 bits per heavy atom. The van der Waals surface area contributed by atoms with Crippen LogP contribution in [-0.4, -0.2) is 5.11 Å². The van der Waals surface area contributed by atoms with Crippen LogP contribution < -0.4 is 0 Å². The summed E-state index contributed by atoms with van der Waals surface area (Å²) >= 11 is 11.5. The maximum Gasteiger partial charge on any atom is 0.0696 e. The summed E-state index contributed by atoms with van der Waals surface area (Å²) in [7, 11) is 0. The molecule has 0 spiro atoms. The molecule has 0 bridgehead atoms. The first-order valence-electron chi connectivity index (χ1n) is 3.20. The van der Waals surface area contributed by atoms with Gasteiger partial charge in [-0.1, -0.05) is 29.3 Å². The van der Waals surface area contributed by atoms with Crippen molar-refractivity contribution in [2.24, 2.45) is 0 Å². The minimum atomic E-state index is -0.0448. The molecule has 0 aliphatic rings. The third kappa shape index (κ3) is 1.86. The van der Waals surface area contributed by atoms with Crippen LogP contribution >= 0.6 is 23.2 Å². The zero-order valence-corrected chi connectivity index (χ0v) is 7.58. The second kappa shape index (κ2) is 3.44. The van der Waals surface area contributed by atoms with E-state index in [1.807, 2.05) is 6.92 Å². The van der Waals surface area contributed by atoms with Crippen molar-refractivity contribution in [3.63, 3.8) is 0 Å². The largest absolute Gasteiger partial charge is 0.392 e. The lowest BCUT2D eigenvalue weighted by atomic mass is 10.1. The fourth-order valence-electron chi connectivity index (χ4n) is 0.838. The Bertz CT molecular complexity index is 271. The fourth-order valence-corrected chi connectivity index (χ4v) is 1.28. The van der Waals surface area contributed by atoms with Crippen LogP contribution in [0.25, 0.3) is 0 Å². The minimum absolute atomic E-state index is 0.0448. The lowest BCUT2D eigenvalue weighted by Gasteiger charge is -2.03. The highest BCUT2D eigenvalue weighted by Crippen LogP contribution is 2.24. The second-order valence-corrected chi connectivity index (χ2v) is 3.17. The van der Waals surface area contributed by atoms with E-state index in [1.54, 1.807) is 12.1 Å². The van der Waals surface area contributed by atoms with Crippen LogP contribution in [0.1, 0.15) is 11.1 Å². The van der Waals surface area contributed by atoms with Gasteiger partial charge in [0, 0.05) is 10.0 Å². The summed E-state index contributed by atoms with van der Waals surface area (Å²) < 4.78 is 0. The van der Waals surface area contributed by atoms with E-state index in [1.165, 1.54) is 0 Å². The molecule has 1 nitrogen and oxygen atoms in total. The Morgan fingerprint density at radius 2 is 1.91 bits per heavy atom. The van der Waals surface area contributed by atoms with Gasteiger partial charge in [-0.15, -0.1) is 0 Å². The molecule has 3 heteroatoms. The molecule has 1 rings (SSSR count). The van der Waals surface area contributed by atoms with E-state index in [0.29, 0.717) is 15.6 Å². The summed E-state index contributed by atoms with van der Waals surface area (Å²) in [6, 6.07) is 3.43. The van der Waals surface area contributed by atoms with Crippen LogP contribution in [0.15, 0.2) is 12.1 Å². The Kier molecular flexibility index (Phi) is 2.77. The third-order valence-corrected chi connectivity index (χ3v) is 2.26. The minimum Gasteiger partial charge on any atom is -0.392 e. The highest BCUT2D eigenvalue weighted by Gasteiger charge is 2.02. The molecule has 1 aromatic carbocycles. The standard InChI is InChI=1S/C8H8Cl2O/c1-5-2-6(4-11)8(10)3-7(5)9/h2-3,11H,4H2,1H3. The molecule has 1 aromatic rings. The van der Waals surface area contributed by atoms with Crippen molar-refractivity contribution in [1.29, 1.82) is 0 Å². The van der Waals surface area contributed by atoms with Crippen molar-refractivity contribution < 1.29 is 5.11 Å². The summed E-state index contributed by atoms with van der Waals surface area (Å²) in [5.41, 5.74) is 1.65. The molecule has 0 unspecified atom stereocenters. The summed E-state index contributed by atoms with van der Waals surface area (Å²) in [4.78, 5) is 0. The molecule has 0 aromatic heterocycles. The van der Waals surface area contributed by atoms with Crippen LogP contribution in [0.2, 0.25) is 10.0 Å². The highest BCUT2D eigenvalue weighted by atomic mass is 35.5. The first-order chi connectivity index (χ1) is 5.15. The Hall–Kier alpha value is -0.240. The molecule has 0 fully saturated rings. The van der Waals surface area contributed by atoms with Crippen LogP contribution in [0, 0.1) is 6.92 Å². The maximum atomic E-state index is 8.81. The van der Waals surface area contributed by atoms with Crippen LogP contribution in [0.5, 0.6) is 0 Å². The van der Waals surface area contributed by atoms with Crippen LogP contribution in [0.3, 0.4) is 0 Å². The zero-order chi connectivity index (χ0) is 8.43. The van der Waals surface area contributed by atoms with E-state index >= 15 is 0 Å². The van der Waals surface area contributed by atoms with Crippen molar-refractivity contribution in [2.75, 3.05) is 0 Å². The predicted octanol–water partition coefficient (Wildman–Crippen LogP) is 2.79. The van der Waals surface area contributed by atoms with Gasteiger partial charge in [-0.3, -0.25) is 0 Å². The molecule has 0 radical (unpaired) electrons. The summed E-state index contributed by atoms with van der Waals surface area (Å²) in [6.45, 7) is 1.83. The molecular weight excluding hydrogens is 183 g/mol. The van der Waals surface area contributed by atoms with Crippen molar-refractivity contribution in [2.45, 2.75) is 13.5 Å². The predicted molar refractivity (Wildman–Crippen MR) is 47.1 cm³/mol. The molecule has 0 atom stereocenters. The van der Waals surface area contributed by atoms with Gasteiger partial charge in [-0.25, -0.2) is 0 Å². The SMILES string of the molecule is Cc1cc(CO)c(Cl)cc1Cl. The molecule has 1 N–H and O–H groups in total. The smallest absolute Gasteiger partial charge is 0.0696 e. The Morgan fingerprint density at radius 3 is 2.45 bits per heavy atom. The van der Waals surface area contributed by atoms with Crippen LogP contribution in [-0.2, 0) is 6.61 Å². The number of hydrogen-bond donors (Lipinski definition) is 1. The topological polar surface area (TPSA) is 20.2 Å². The molecular formula is C8H8Cl2O. The molecule has 0 aliphatic carbocycles. The van der Waals surface area contributed by atoms with Gasteiger partial charge in [0.2, 0.25) is 0 Å². The molecule has 0 heterocycles. The number of halogens is 2. The van der Waals surface area contributed by atoms with E-state index < -0.39 is 0 Å². The third-order valence-electron chi connectivity index (χ3n) is 1.50. The van der Waals surface area contributed by atoms with Crippen molar-refractivity contribution in [3.05, 3.63) is 33.3 Å². The van der Waals surface area contributed by atoms with Gasteiger partial charge in [-0.2, -0.15) is 0 Å². The molecule has 0 saturated carbocycles. The van der Waals surface area contributed by atoms with Gasteiger partial charge in [0.05, 0.1) is 6.61 Å². The van der Waals surface area contributed by atoms with Gasteiger partial charge < -0.3 is 5.11 Å². The van der Waals surface area contributed by atoms with Crippen molar-refractivity contribution in [1.82, 2.24) is 0 Å². The number of aliphatic hydroxyl groups is 1. The number of benzene rings is 1. The van der Waals surface area contributed by atoms with E-state index in [0.717, 1.165) is 5.56 Å². The fraction of sp³-hybridized carbons (Fsp3) is 0.250. The average Bonchev–Trinajstić information content (AvgIpc) is 1.97. The Labute approximate surface area is 75.6 Å². The molecule has 0 saturated heterocycles. The van der Waals surface area contributed by atoms with E-state index in [4.69, 9.17) is 28.3 Å². The molecule has 11 heavy (non-hydrogen) atoms. The first-order valence-corrected chi connectivity index (χ1v) is 3.96. The number of aliphatic hydroxyl groups excluding tert-OH is 1. The number of hydrogen-bond acceptors (Lipinski definition) is 1. The van der Waals surface area contributed by atoms with Gasteiger partial charge in [0.1, 0.15) is 0 Å². The monoisotopic (exact) mass is 190 g/mol. The van der Waals surface area contributed by atoms with Crippen molar-refractivity contribution >= 4 is 23.2 Å². The summed E-state index contributed by atoms with van der Waals surface area (Å²) in [5, 5.41) is 9.95. The molecule has 0 amide bonds. The zero-order valence-electron chi connectivity index (χ0n) is 6.06. The summed E-state index contributed by atoms with van der Waals surface area (Å²) in [5.74, 6) is 0. The first kappa shape index (κ1) is 8.85. The highest BCUT2D eigenvalue weighted by molar-refractivity contribution is 6.35. The van der Waals surface area contributed by atoms with E-state index in [2.05, 4.69) is 0 Å². The lowest BCUT2D eigenvalue weighted by molar-refractivity contribution is 0.282. The van der Waals surface area contributed by atoms with Gasteiger partial charge in [0.25, 0.3) is 0 Å². The second-order valence-electron chi connectivity index (χ2n) is 2.35.